The van der Waals surface area contributed by atoms with Crippen molar-refractivity contribution in [2.45, 2.75) is 19.4 Å². The van der Waals surface area contributed by atoms with Crippen molar-refractivity contribution in [3.05, 3.63) is 35.0 Å². The van der Waals surface area contributed by atoms with Crippen molar-refractivity contribution in [2.75, 3.05) is 11.5 Å². The molecule has 0 saturated carbocycles. The van der Waals surface area contributed by atoms with Crippen molar-refractivity contribution in [1.29, 1.82) is 0 Å². The number of rotatable bonds is 3. The summed E-state index contributed by atoms with van der Waals surface area (Å²) in [6, 6.07) is 5.38. The molecule has 0 radical (unpaired) electrons. The van der Waals surface area contributed by atoms with Crippen LogP contribution in [0.5, 0.6) is 0 Å². The Kier molecular flexibility index (Phi) is 3.91. The van der Waals surface area contributed by atoms with Crippen molar-refractivity contribution < 1.29 is 13.2 Å². The molecule has 1 saturated heterocycles. The fourth-order valence-corrected chi connectivity index (χ4v) is 4.93. The maximum Gasteiger partial charge on any atom is 0.250 e. The van der Waals surface area contributed by atoms with Gasteiger partial charge in [-0.15, -0.1) is 0 Å². The number of nitrogens with two attached hydrogens (primary N) is 1. The van der Waals surface area contributed by atoms with E-state index in [-0.39, 0.29) is 17.4 Å². The quantitative estimate of drug-likeness (QED) is 0.930. The summed E-state index contributed by atoms with van der Waals surface area (Å²) in [5.74, 6) is 0.231. The number of carbonyl (C=O) groups excluding carboxylic acids is 1. The lowest BCUT2D eigenvalue weighted by Crippen LogP contribution is -2.26. The van der Waals surface area contributed by atoms with Gasteiger partial charge in [-0.25, -0.2) is 8.42 Å². The Labute approximate surface area is 134 Å². The highest BCUT2D eigenvalue weighted by Crippen LogP contribution is 2.30. The van der Waals surface area contributed by atoms with Crippen molar-refractivity contribution >= 4 is 38.2 Å². The third kappa shape index (κ3) is 2.85. The molecule has 1 fully saturated rings. The first-order valence-corrected chi connectivity index (χ1v) is 9.35. The Morgan fingerprint density at radius 2 is 2.00 bits per heavy atom. The molecule has 0 aliphatic carbocycles. The molecule has 5 nitrogen and oxygen atoms in total. The predicted molar refractivity (Wildman–Crippen MR) is 86.8 cm³/mol. The van der Waals surface area contributed by atoms with Crippen LogP contribution in [0.15, 0.2) is 24.4 Å². The van der Waals surface area contributed by atoms with E-state index in [1.54, 1.807) is 18.3 Å². The molecule has 1 aromatic heterocycles. The third-order valence-electron chi connectivity index (χ3n) is 4.24. The Balaban J connectivity index is 1.96. The number of sulfone groups is 1. The second-order valence-corrected chi connectivity index (χ2v) is 8.50. The molecule has 2 N–H and O–H groups in total. The van der Waals surface area contributed by atoms with E-state index >= 15 is 0 Å². The molecule has 1 aromatic carbocycles. The Morgan fingerprint density at radius 1 is 1.32 bits per heavy atom. The summed E-state index contributed by atoms with van der Waals surface area (Å²) >= 11 is 6.27. The van der Waals surface area contributed by atoms with Crippen molar-refractivity contribution in [1.82, 2.24) is 4.57 Å². The Hall–Kier alpha value is -1.53. The van der Waals surface area contributed by atoms with Gasteiger partial charge in [0.15, 0.2) is 0 Å². The van der Waals surface area contributed by atoms with Crippen LogP contribution >= 0.6 is 11.6 Å². The summed E-state index contributed by atoms with van der Waals surface area (Å²) in [6.07, 6.45) is 3.00. The number of hydrogen-bond acceptors (Lipinski definition) is 3. The van der Waals surface area contributed by atoms with E-state index in [1.807, 2.05) is 10.6 Å². The summed E-state index contributed by atoms with van der Waals surface area (Å²) in [7, 11) is -2.88. The van der Waals surface area contributed by atoms with Gasteiger partial charge in [-0.2, -0.15) is 0 Å². The van der Waals surface area contributed by atoms with E-state index < -0.39 is 15.7 Å². The fourth-order valence-electron chi connectivity index (χ4n) is 3.05. The minimum Gasteiger partial charge on any atom is -0.366 e. The molecule has 1 aliphatic heterocycles. The summed E-state index contributed by atoms with van der Waals surface area (Å²) in [5.41, 5.74) is 6.67. The number of fused-ring (bicyclic) bond motifs is 1. The monoisotopic (exact) mass is 340 g/mol. The molecule has 2 heterocycles. The van der Waals surface area contributed by atoms with Crippen molar-refractivity contribution in [3.63, 3.8) is 0 Å². The Bertz CT molecular complexity index is 828. The van der Waals surface area contributed by atoms with Crippen LogP contribution < -0.4 is 5.73 Å². The standard InChI is InChI=1S/C15H17ClN2O3S/c16-13-3-1-2-11-12(15(17)19)9-18(14(11)13)8-10-4-6-22(20,21)7-5-10/h1-3,9-10H,4-8H2,(H2,17,19). The molecule has 22 heavy (non-hydrogen) atoms. The van der Waals surface area contributed by atoms with E-state index in [0.717, 1.165) is 10.9 Å². The van der Waals surface area contributed by atoms with Gasteiger partial charge in [-0.05, 0) is 24.8 Å². The number of amides is 1. The lowest BCUT2D eigenvalue weighted by Gasteiger charge is -2.22. The largest absolute Gasteiger partial charge is 0.366 e. The van der Waals surface area contributed by atoms with Gasteiger partial charge in [0.1, 0.15) is 9.84 Å². The topological polar surface area (TPSA) is 82.2 Å². The molecular weight excluding hydrogens is 324 g/mol. The zero-order valence-electron chi connectivity index (χ0n) is 12.0. The lowest BCUT2D eigenvalue weighted by atomic mass is 10.0. The molecule has 3 rings (SSSR count). The number of para-hydroxylation sites is 1. The van der Waals surface area contributed by atoms with E-state index in [9.17, 15) is 13.2 Å². The Morgan fingerprint density at radius 3 is 2.64 bits per heavy atom. The van der Waals surface area contributed by atoms with E-state index in [2.05, 4.69) is 0 Å². The first-order chi connectivity index (χ1) is 10.4. The molecule has 118 valence electrons. The first-order valence-electron chi connectivity index (χ1n) is 7.15. The lowest BCUT2D eigenvalue weighted by molar-refractivity contribution is 0.100. The minimum absolute atomic E-state index is 0.229. The second-order valence-electron chi connectivity index (χ2n) is 5.79. The molecule has 1 aliphatic rings. The predicted octanol–water partition coefficient (Wildman–Crippen LogP) is 2.22. The van der Waals surface area contributed by atoms with Crippen LogP contribution in [0.4, 0.5) is 0 Å². The fraction of sp³-hybridized carbons (Fsp3) is 0.400. The van der Waals surface area contributed by atoms with Crippen LogP contribution in [0.2, 0.25) is 5.02 Å². The SMILES string of the molecule is NC(=O)c1cn(CC2CCS(=O)(=O)CC2)c2c(Cl)cccc12. The highest BCUT2D eigenvalue weighted by molar-refractivity contribution is 7.91. The van der Waals surface area contributed by atoms with Gasteiger partial charge >= 0.3 is 0 Å². The molecule has 0 atom stereocenters. The zero-order chi connectivity index (χ0) is 15.9. The van der Waals surface area contributed by atoms with Crippen LogP contribution in [0, 0.1) is 5.92 Å². The summed E-state index contributed by atoms with van der Waals surface area (Å²) < 4.78 is 25.0. The molecular formula is C15H17ClN2O3S. The second kappa shape index (κ2) is 5.59. The third-order valence-corrected chi connectivity index (χ3v) is 6.26. The molecule has 0 bridgehead atoms. The average Bonchev–Trinajstić information content (AvgIpc) is 2.82. The number of aromatic nitrogens is 1. The molecule has 2 aromatic rings. The number of benzene rings is 1. The number of halogens is 1. The summed E-state index contributed by atoms with van der Waals surface area (Å²) in [5, 5.41) is 1.30. The minimum atomic E-state index is -2.88. The molecule has 0 unspecified atom stereocenters. The van der Waals surface area contributed by atoms with Crippen molar-refractivity contribution in [2.24, 2.45) is 11.7 Å². The van der Waals surface area contributed by atoms with Gasteiger partial charge in [-0.1, -0.05) is 23.7 Å². The smallest absolute Gasteiger partial charge is 0.250 e. The summed E-state index contributed by atoms with van der Waals surface area (Å²) in [4.78, 5) is 11.6. The van der Waals surface area contributed by atoms with Gasteiger partial charge < -0.3 is 10.3 Å². The van der Waals surface area contributed by atoms with E-state index in [0.29, 0.717) is 30.0 Å². The van der Waals surface area contributed by atoms with Crippen LogP contribution in [0.25, 0.3) is 10.9 Å². The first kappa shape index (κ1) is 15.4. The molecule has 0 spiro atoms. The molecule has 7 heteroatoms. The van der Waals surface area contributed by atoms with Gasteiger partial charge in [-0.3, -0.25) is 4.79 Å². The normalized spacial score (nSPS) is 18.6. The number of primary amides is 1. The number of nitrogens with zero attached hydrogens (tertiary/aromatic N) is 1. The van der Waals surface area contributed by atoms with Crippen LogP contribution in [-0.4, -0.2) is 30.4 Å². The van der Waals surface area contributed by atoms with Gasteiger partial charge in [0.2, 0.25) is 0 Å². The highest BCUT2D eigenvalue weighted by atomic mass is 35.5. The maximum atomic E-state index is 11.6. The average molecular weight is 341 g/mol. The van der Waals surface area contributed by atoms with Gasteiger partial charge in [0, 0.05) is 18.1 Å². The van der Waals surface area contributed by atoms with Crippen LogP contribution in [-0.2, 0) is 16.4 Å². The number of hydrogen-bond donors (Lipinski definition) is 1. The summed E-state index contributed by atoms with van der Waals surface area (Å²) in [6.45, 7) is 0.642. The van der Waals surface area contributed by atoms with Crippen LogP contribution in [0.3, 0.4) is 0 Å². The highest BCUT2D eigenvalue weighted by Gasteiger charge is 2.25. The van der Waals surface area contributed by atoms with Crippen molar-refractivity contribution in [3.8, 4) is 0 Å². The maximum absolute atomic E-state index is 11.6. The number of carbonyl (C=O) groups is 1. The zero-order valence-corrected chi connectivity index (χ0v) is 13.5. The van der Waals surface area contributed by atoms with Crippen LogP contribution in [0.1, 0.15) is 23.2 Å². The van der Waals surface area contributed by atoms with E-state index in [4.69, 9.17) is 17.3 Å². The van der Waals surface area contributed by atoms with Gasteiger partial charge in [0.25, 0.3) is 5.91 Å². The van der Waals surface area contributed by atoms with E-state index in [1.165, 1.54) is 0 Å². The molecule has 1 amide bonds. The van der Waals surface area contributed by atoms with Gasteiger partial charge in [0.05, 0.1) is 27.6 Å².